The van der Waals surface area contributed by atoms with Crippen molar-refractivity contribution in [3.05, 3.63) is 66.9 Å². The zero-order valence-corrected chi connectivity index (χ0v) is 25.3. The van der Waals surface area contributed by atoms with Crippen molar-refractivity contribution in [2.75, 3.05) is 29.9 Å². The first-order valence-electron chi connectivity index (χ1n) is 14.4. The highest BCUT2D eigenvalue weighted by Gasteiger charge is 2.31. The molecule has 1 aliphatic heterocycles. The number of carbonyl (C=O) groups excluding carboxylic acids is 1. The lowest BCUT2D eigenvalue weighted by molar-refractivity contribution is 0.0158. The summed E-state index contributed by atoms with van der Waals surface area (Å²) in [5.74, 6) is 2.99. The summed E-state index contributed by atoms with van der Waals surface area (Å²) in [6, 6.07) is 13.8. The molecule has 1 atom stereocenters. The van der Waals surface area contributed by atoms with Crippen molar-refractivity contribution < 1.29 is 14.3 Å². The Balaban J connectivity index is 1.18. The van der Waals surface area contributed by atoms with Gasteiger partial charge in [0.15, 0.2) is 0 Å². The summed E-state index contributed by atoms with van der Waals surface area (Å²) in [5, 5.41) is 4.31. The Morgan fingerprint density at radius 3 is 2.60 bits per heavy atom. The summed E-state index contributed by atoms with van der Waals surface area (Å²) in [5.41, 5.74) is 4.00. The number of amides is 1. The van der Waals surface area contributed by atoms with Crippen LogP contribution in [0.3, 0.4) is 0 Å². The van der Waals surface area contributed by atoms with Gasteiger partial charge in [-0.15, -0.1) is 0 Å². The summed E-state index contributed by atoms with van der Waals surface area (Å²) >= 11 is 0. The van der Waals surface area contributed by atoms with Gasteiger partial charge < -0.3 is 29.2 Å². The number of nitrogens with one attached hydrogen (secondary N) is 1. The van der Waals surface area contributed by atoms with E-state index < -0.39 is 5.60 Å². The summed E-state index contributed by atoms with van der Waals surface area (Å²) in [6.07, 6.45) is 4.81. The maximum Gasteiger partial charge on any atom is 0.410 e. The lowest BCUT2D eigenvalue weighted by atomic mass is 10.1. The summed E-state index contributed by atoms with van der Waals surface area (Å²) < 4.78 is 13.8. The van der Waals surface area contributed by atoms with Gasteiger partial charge in [0.25, 0.3) is 0 Å². The molecule has 1 aliphatic rings. The Hall–Kier alpha value is -4.93. The Bertz CT molecular complexity index is 1810. The highest BCUT2D eigenvalue weighted by atomic mass is 16.6. The number of benzene rings is 2. The quantitative estimate of drug-likeness (QED) is 0.260. The van der Waals surface area contributed by atoms with Crippen LogP contribution in [0.1, 0.15) is 33.3 Å². The number of hydrogen-bond donors (Lipinski definition) is 1. The normalized spacial score (nSPS) is 15.6. The van der Waals surface area contributed by atoms with Crippen LogP contribution in [-0.2, 0) is 11.8 Å². The van der Waals surface area contributed by atoms with E-state index in [9.17, 15) is 4.79 Å². The number of piperazine rings is 1. The number of anilines is 3. The predicted octanol–water partition coefficient (Wildman–Crippen LogP) is 6.20. The van der Waals surface area contributed by atoms with Crippen LogP contribution in [0, 0.1) is 6.92 Å². The highest BCUT2D eigenvalue weighted by Crippen LogP contribution is 2.32. The molecule has 3 aromatic heterocycles. The van der Waals surface area contributed by atoms with Crippen LogP contribution in [0.4, 0.5) is 22.1 Å². The molecule has 4 heterocycles. The van der Waals surface area contributed by atoms with Crippen molar-refractivity contribution in [1.82, 2.24) is 29.4 Å². The van der Waals surface area contributed by atoms with Crippen molar-refractivity contribution >= 4 is 45.4 Å². The molecule has 11 nitrogen and oxygen atoms in total. The molecular formula is C32H36N8O3. The molecule has 1 N–H and O–H groups in total. The molecule has 0 saturated carbocycles. The largest absolute Gasteiger partial charge is 0.457 e. The van der Waals surface area contributed by atoms with Gasteiger partial charge in [-0.3, -0.25) is 0 Å². The topological polar surface area (TPSA) is 111 Å². The van der Waals surface area contributed by atoms with Gasteiger partial charge in [-0.2, -0.15) is 0 Å². The Labute approximate surface area is 250 Å². The average molecular weight is 581 g/mol. The molecule has 0 bridgehead atoms. The zero-order valence-electron chi connectivity index (χ0n) is 25.3. The molecule has 0 radical (unpaired) electrons. The fourth-order valence-corrected chi connectivity index (χ4v) is 5.26. The van der Waals surface area contributed by atoms with E-state index in [2.05, 4.69) is 30.2 Å². The SMILES string of the molecule is Cc1cc(Nc2ncnc3cnc(N4CCN(C(=O)OC(C)(C)C)[C@H](C)C4)cc23)ccc1Oc1ccc2c(c1)ncn2C. The molecule has 0 aliphatic carbocycles. The van der Waals surface area contributed by atoms with Crippen molar-refractivity contribution in [2.45, 2.75) is 46.3 Å². The van der Waals surface area contributed by atoms with Crippen LogP contribution >= 0.6 is 0 Å². The van der Waals surface area contributed by atoms with Crippen LogP contribution < -0.4 is 15.0 Å². The van der Waals surface area contributed by atoms with Crippen LogP contribution in [0.2, 0.25) is 0 Å². The number of rotatable bonds is 5. The fourth-order valence-electron chi connectivity index (χ4n) is 5.26. The number of nitrogens with zero attached hydrogens (tertiary/aromatic N) is 7. The number of aryl methyl sites for hydroxylation is 2. The van der Waals surface area contributed by atoms with Crippen molar-refractivity contribution in [1.29, 1.82) is 0 Å². The first-order valence-corrected chi connectivity index (χ1v) is 14.4. The minimum absolute atomic E-state index is 0.0275. The molecule has 1 amide bonds. The second-order valence-electron chi connectivity index (χ2n) is 12.0. The van der Waals surface area contributed by atoms with Gasteiger partial charge in [-0.25, -0.2) is 24.7 Å². The Kier molecular flexibility index (Phi) is 7.25. The van der Waals surface area contributed by atoms with E-state index in [0.717, 1.165) is 50.5 Å². The third-order valence-corrected chi connectivity index (χ3v) is 7.45. The van der Waals surface area contributed by atoms with E-state index in [0.29, 0.717) is 25.5 Å². The van der Waals surface area contributed by atoms with Crippen molar-refractivity contribution in [3.8, 4) is 11.5 Å². The van der Waals surface area contributed by atoms with Gasteiger partial charge >= 0.3 is 6.09 Å². The third-order valence-electron chi connectivity index (χ3n) is 7.45. The summed E-state index contributed by atoms with van der Waals surface area (Å²) in [7, 11) is 1.97. The van der Waals surface area contributed by atoms with Gasteiger partial charge in [-0.05, 0) is 76.6 Å². The van der Waals surface area contributed by atoms with E-state index in [1.165, 1.54) is 6.33 Å². The molecule has 1 fully saturated rings. The first kappa shape index (κ1) is 28.2. The second-order valence-corrected chi connectivity index (χ2v) is 12.0. The number of ether oxygens (including phenoxy) is 2. The molecule has 0 unspecified atom stereocenters. The van der Waals surface area contributed by atoms with Gasteiger partial charge in [0.1, 0.15) is 35.1 Å². The maximum absolute atomic E-state index is 12.7. The number of aromatic nitrogens is 5. The number of carbonyl (C=O) groups is 1. The van der Waals surface area contributed by atoms with Crippen LogP contribution in [0.5, 0.6) is 11.5 Å². The smallest absolute Gasteiger partial charge is 0.410 e. The maximum atomic E-state index is 12.7. The number of fused-ring (bicyclic) bond motifs is 2. The monoisotopic (exact) mass is 580 g/mol. The Morgan fingerprint density at radius 2 is 1.84 bits per heavy atom. The summed E-state index contributed by atoms with van der Waals surface area (Å²) in [4.78, 5) is 34.7. The van der Waals surface area contributed by atoms with E-state index in [-0.39, 0.29) is 12.1 Å². The fraction of sp³-hybridized carbons (Fsp3) is 0.344. The molecule has 222 valence electrons. The molecule has 43 heavy (non-hydrogen) atoms. The van der Waals surface area contributed by atoms with Crippen LogP contribution in [0.15, 0.2) is 61.3 Å². The first-order chi connectivity index (χ1) is 20.5. The second kappa shape index (κ2) is 11.0. The lowest BCUT2D eigenvalue weighted by Gasteiger charge is -2.40. The third kappa shape index (κ3) is 6.01. The molecule has 6 rings (SSSR count). The molecule has 1 saturated heterocycles. The predicted molar refractivity (Wildman–Crippen MR) is 167 cm³/mol. The summed E-state index contributed by atoms with van der Waals surface area (Å²) in [6.45, 7) is 11.5. The van der Waals surface area contributed by atoms with Crippen LogP contribution in [0.25, 0.3) is 21.9 Å². The minimum Gasteiger partial charge on any atom is -0.457 e. The molecular weight excluding hydrogens is 544 g/mol. The van der Waals surface area contributed by atoms with Gasteiger partial charge in [0.05, 0.1) is 29.1 Å². The van der Waals surface area contributed by atoms with E-state index in [1.807, 2.05) is 88.7 Å². The molecule has 0 spiro atoms. The average Bonchev–Trinajstić information content (AvgIpc) is 3.33. The molecule has 11 heteroatoms. The Morgan fingerprint density at radius 1 is 1.00 bits per heavy atom. The molecule has 2 aromatic carbocycles. The van der Waals surface area contributed by atoms with E-state index in [4.69, 9.17) is 9.47 Å². The number of pyridine rings is 1. The number of hydrogen-bond acceptors (Lipinski definition) is 9. The highest BCUT2D eigenvalue weighted by molar-refractivity contribution is 5.92. The van der Waals surface area contributed by atoms with Gasteiger partial charge in [0, 0.05) is 49.9 Å². The van der Waals surface area contributed by atoms with Gasteiger partial charge in [0.2, 0.25) is 0 Å². The minimum atomic E-state index is -0.530. The zero-order chi connectivity index (χ0) is 30.3. The standard InChI is InChI=1S/C32H36N8O3/c1-20-13-22(7-10-28(20)42-23-8-9-27-25(14-23)36-19-38(27)6)37-30-24-15-29(33-16-26(24)34-18-35-30)39-11-12-40(21(2)17-39)31(41)43-32(3,4)5/h7-10,13-16,18-19,21H,11-12,17H2,1-6H3,(H,34,35,37)/t21-/m1/s1. The number of imidazole rings is 1. The van der Waals surface area contributed by atoms with Crippen molar-refractivity contribution in [2.24, 2.45) is 7.05 Å². The van der Waals surface area contributed by atoms with E-state index >= 15 is 0 Å². The lowest BCUT2D eigenvalue weighted by Crippen LogP contribution is -2.55. The molecule has 5 aromatic rings. The van der Waals surface area contributed by atoms with Crippen molar-refractivity contribution in [3.63, 3.8) is 0 Å². The van der Waals surface area contributed by atoms with E-state index in [1.54, 1.807) is 17.4 Å². The van der Waals surface area contributed by atoms with Crippen LogP contribution in [-0.4, -0.2) is 66.8 Å². The van der Waals surface area contributed by atoms with Gasteiger partial charge in [-0.1, -0.05) is 0 Å².